The molecule has 0 atom stereocenters. The first-order chi connectivity index (χ1) is 10.6. The zero-order chi connectivity index (χ0) is 16.1. The van der Waals surface area contributed by atoms with Crippen LogP contribution >= 0.6 is 0 Å². The van der Waals surface area contributed by atoms with Crippen molar-refractivity contribution in [3.05, 3.63) is 47.3 Å². The molecule has 2 aromatic rings. The third kappa shape index (κ3) is 3.38. The van der Waals surface area contributed by atoms with E-state index < -0.39 is 0 Å². The van der Waals surface area contributed by atoms with Crippen molar-refractivity contribution in [2.75, 3.05) is 0 Å². The number of aryl methyl sites for hydroxylation is 1. The van der Waals surface area contributed by atoms with E-state index in [1.54, 1.807) is 0 Å². The van der Waals surface area contributed by atoms with E-state index in [9.17, 15) is 4.79 Å². The van der Waals surface area contributed by atoms with Crippen molar-refractivity contribution in [3.8, 4) is 5.69 Å². The SMILES string of the molecule is CCC(CC)C(=O)NCc1c(C)nn(-c2ccccc2)c1C. The summed E-state index contributed by atoms with van der Waals surface area (Å²) in [4.78, 5) is 12.1. The van der Waals surface area contributed by atoms with Gasteiger partial charge >= 0.3 is 0 Å². The number of carbonyl (C=O) groups excluding carboxylic acids is 1. The summed E-state index contributed by atoms with van der Waals surface area (Å²) in [6.45, 7) is 8.69. The molecular weight excluding hydrogens is 274 g/mol. The van der Waals surface area contributed by atoms with Gasteiger partial charge in [-0.15, -0.1) is 0 Å². The van der Waals surface area contributed by atoms with Gasteiger partial charge in [0, 0.05) is 23.7 Å². The second-order valence-corrected chi connectivity index (χ2v) is 5.63. The fraction of sp³-hybridized carbons (Fsp3) is 0.444. The molecule has 1 N–H and O–H groups in total. The zero-order valence-electron chi connectivity index (χ0n) is 13.9. The molecule has 4 nitrogen and oxygen atoms in total. The second kappa shape index (κ2) is 7.25. The minimum Gasteiger partial charge on any atom is -0.352 e. The number of hydrogen-bond acceptors (Lipinski definition) is 2. The Morgan fingerprint density at radius 1 is 1.18 bits per heavy atom. The molecule has 22 heavy (non-hydrogen) atoms. The van der Waals surface area contributed by atoms with Gasteiger partial charge in [0.15, 0.2) is 0 Å². The van der Waals surface area contributed by atoms with Gasteiger partial charge in [-0.05, 0) is 38.8 Å². The van der Waals surface area contributed by atoms with Crippen LogP contribution in [-0.4, -0.2) is 15.7 Å². The molecule has 118 valence electrons. The first-order valence-electron chi connectivity index (χ1n) is 7.96. The van der Waals surface area contributed by atoms with E-state index in [1.165, 1.54) is 0 Å². The van der Waals surface area contributed by atoms with E-state index in [0.717, 1.165) is 35.5 Å². The lowest BCUT2D eigenvalue weighted by atomic mass is 10.0. The predicted octanol–water partition coefficient (Wildman–Crippen LogP) is 3.54. The molecule has 0 saturated carbocycles. The maximum Gasteiger partial charge on any atom is 0.223 e. The van der Waals surface area contributed by atoms with Gasteiger partial charge in [0.05, 0.1) is 11.4 Å². The Kier molecular flexibility index (Phi) is 5.36. The maximum absolute atomic E-state index is 12.1. The molecule has 1 aromatic heterocycles. The van der Waals surface area contributed by atoms with Crippen molar-refractivity contribution < 1.29 is 4.79 Å². The molecule has 0 spiro atoms. The summed E-state index contributed by atoms with van der Waals surface area (Å²) in [6.07, 6.45) is 1.76. The summed E-state index contributed by atoms with van der Waals surface area (Å²) in [7, 11) is 0. The number of amides is 1. The number of para-hydroxylation sites is 1. The van der Waals surface area contributed by atoms with Gasteiger partial charge in [0.2, 0.25) is 5.91 Å². The first-order valence-corrected chi connectivity index (χ1v) is 7.96. The summed E-state index contributed by atoms with van der Waals surface area (Å²) in [5.41, 5.74) is 4.18. The molecule has 0 aliphatic carbocycles. The summed E-state index contributed by atoms with van der Waals surface area (Å²) in [5.74, 6) is 0.237. The predicted molar refractivity (Wildman–Crippen MR) is 89.0 cm³/mol. The molecule has 2 rings (SSSR count). The first kappa shape index (κ1) is 16.3. The number of nitrogens with zero attached hydrogens (tertiary/aromatic N) is 2. The molecular formula is C18H25N3O. The Balaban J connectivity index is 2.16. The Labute approximate surface area is 132 Å². The molecule has 0 radical (unpaired) electrons. The lowest BCUT2D eigenvalue weighted by Crippen LogP contribution is -2.30. The van der Waals surface area contributed by atoms with Gasteiger partial charge in [-0.1, -0.05) is 32.0 Å². The number of rotatable bonds is 6. The highest BCUT2D eigenvalue weighted by molar-refractivity contribution is 5.78. The zero-order valence-corrected chi connectivity index (χ0v) is 13.9. The molecule has 0 bridgehead atoms. The smallest absolute Gasteiger partial charge is 0.223 e. The third-order valence-electron chi connectivity index (χ3n) is 4.24. The molecule has 0 saturated heterocycles. The van der Waals surface area contributed by atoms with Crippen molar-refractivity contribution in [1.29, 1.82) is 0 Å². The highest BCUT2D eigenvalue weighted by Crippen LogP contribution is 2.18. The molecule has 1 aromatic carbocycles. The maximum atomic E-state index is 12.1. The Bertz CT molecular complexity index is 627. The van der Waals surface area contributed by atoms with Crippen LogP contribution in [0.4, 0.5) is 0 Å². The van der Waals surface area contributed by atoms with E-state index in [4.69, 9.17) is 0 Å². The van der Waals surface area contributed by atoms with Crippen LogP contribution in [0.15, 0.2) is 30.3 Å². The van der Waals surface area contributed by atoms with Gasteiger partial charge in [-0.25, -0.2) is 4.68 Å². The fourth-order valence-corrected chi connectivity index (χ4v) is 2.73. The molecule has 0 fully saturated rings. The summed E-state index contributed by atoms with van der Waals surface area (Å²) in [5, 5.41) is 7.66. The minimum atomic E-state index is 0.102. The lowest BCUT2D eigenvalue weighted by Gasteiger charge is -2.13. The Morgan fingerprint density at radius 2 is 1.82 bits per heavy atom. The van der Waals surface area contributed by atoms with E-state index in [1.807, 2.05) is 48.9 Å². The number of carbonyl (C=O) groups is 1. The van der Waals surface area contributed by atoms with Gasteiger partial charge < -0.3 is 5.32 Å². The molecule has 0 unspecified atom stereocenters. The topological polar surface area (TPSA) is 46.9 Å². The van der Waals surface area contributed by atoms with Crippen LogP contribution in [0, 0.1) is 19.8 Å². The van der Waals surface area contributed by atoms with Crippen LogP contribution in [0.5, 0.6) is 0 Å². The number of hydrogen-bond donors (Lipinski definition) is 1. The van der Waals surface area contributed by atoms with E-state index in [0.29, 0.717) is 6.54 Å². The van der Waals surface area contributed by atoms with Crippen LogP contribution in [-0.2, 0) is 11.3 Å². The van der Waals surface area contributed by atoms with Crippen LogP contribution in [0.3, 0.4) is 0 Å². The number of benzene rings is 1. The normalized spacial score (nSPS) is 11.0. The van der Waals surface area contributed by atoms with Crippen molar-refractivity contribution in [2.24, 2.45) is 5.92 Å². The highest BCUT2D eigenvalue weighted by atomic mass is 16.1. The Hall–Kier alpha value is -2.10. The van der Waals surface area contributed by atoms with Crippen LogP contribution in [0.2, 0.25) is 0 Å². The van der Waals surface area contributed by atoms with Crippen LogP contribution < -0.4 is 5.32 Å². The van der Waals surface area contributed by atoms with Crippen molar-refractivity contribution in [3.63, 3.8) is 0 Å². The average Bonchev–Trinajstić information content (AvgIpc) is 2.82. The molecule has 4 heteroatoms. The van der Waals surface area contributed by atoms with Gasteiger partial charge in [0.25, 0.3) is 0 Å². The summed E-state index contributed by atoms with van der Waals surface area (Å²) >= 11 is 0. The third-order valence-corrected chi connectivity index (χ3v) is 4.24. The quantitative estimate of drug-likeness (QED) is 0.887. The summed E-state index contributed by atoms with van der Waals surface area (Å²) < 4.78 is 1.94. The van der Waals surface area contributed by atoms with Crippen LogP contribution in [0.1, 0.15) is 43.6 Å². The van der Waals surface area contributed by atoms with Crippen LogP contribution in [0.25, 0.3) is 5.69 Å². The highest BCUT2D eigenvalue weighted by Gasteiger charge is 2.17. The Morgan fingerprint density at radius 3 is 2.41 bits per heavy atom. The van der Waals surface area contributed by atoms with E-state index in [2.05, 4.69) is 24.3 Å². The van der Waals surface area contributed by atoms with E-state index in [-0.39, 0.29) is 11.8 Å². The van der Waals surface area contributed by atoms with Gasteiger partial charge in [-0.3, -0.25) is 4.79 Å². The molecule has 0 aliphatic rings. The average molecular weight is 299 g/mol. The second-order valence-electron chi connectivity index (χ2n) is 5.63. The van der Waals surface area contributed by atoms with E-state index >= 15 is 0 Å². The lowest BCUT2D eigenvalue weighted by molar-refractivity contribution is -0.125. The van der Waals surface area contributed by atoms with Gasteiger partial charge in [-0.2, -0.15) is 5.10 Å². The fourth-order valence-electron chi connectivity index (χ4n) is 2.73. The van der Waals surface area contributed by atoms with Gasteiger partial charge in [0.1, 0.15) is 0 Å². The summed E-state index contributed by atoms with van der Waals surface area (Å²) in [6, 6.07) is 10.1. The number of nitrogens with one attached hydrogen (secondary N) is 1. The molecule has 1 amide bonds. The number of aromatic nitrogens is 2. The van der Waals surface area contributed by atoms with Crippen molar-refractivity contribution >= 4 is 5.91 Å². The molecule has 1 heterocycles. The standard InChI is InChI=1S/C18H25N3O/c1-5-15(6-2)18(22)19-12-17-13(3)20-21(14(17)4)16-10-8-7-9-11-16/h7-11,15H,5-6,12H2,1-4H3,(H,19,22). The van der Waals surface area contributed by atoms with Crippen molar-refractivity contribution in [2.45, 2.75) is 47.1 Å². The van der Waals surface area contributed by atoms with Crippen molar-refractivity contribution in [1.82, 2.24) is 15.1 Å². The molecule has 0 aliphatic heterocycles. The minimum absolute atomic E-state index is 0.102. The monoisotopic (exact) mass is 299 g/mol. The largest absolute Gasteiger partial charge is 0.352 e.